The van der Waals surface area contributed by atoms with Crippen LogP contribution in [0.15, 0.2) is 0 Å². The predicted octanol–water partition coefficient (Wildman–Crippen LogP) is -1.82. The fraction of sp³-hybridized carbons (Fsp3) is 0.714. The number of rotatable bonds is 3. The van der Waals surface area contributed by atoms with E-state index in [1.54, 1.807) is 0 Å². The van der Waals surface area contributed by atoms with Crippen LogP contribution in [-0.4, -0.2) is 49.3 Å². The van der Waals surface area contributed by atoms with Crippen LogP contribution >= 0.6 is 0 Å². The summed E-state index contributed by atoms with van der Waals surface area (Å²) in [5, 5.41) is 13.5. The maximum Gasteiger partial charge on any atom is 0.322 e. The third-order valence-electron chi connectivity index (χ3n) is 1.65. The van der Waals surface area contributed by atoms with Crippen LogP contribution in [0.3, 0.4) is 0 Å². The molecule has 1 heterocycles. The Morgan fingerprint density at radius 3 is 2.92 bits per heavy atom. The minimum atomic E-state index is -1.05. The first-order valence-electron chi connectivity index (χ1n) is 4.01. The van der Waals surface area contributed by atoms with Crippen molar-refractivity contribution < 1.29 is 19.4 Å². The van der Waals surface area contributed by atoms with Crippen LogP contribution in [0, 0.1) is 0 Å². The van der Waals surface area contributed by atoms with E-state index in [9.17, 15) is 9.59 Å². The summed E-state index contributed by atoms with van der Waals surface area (Å²) in [5.74, 6) is -1.38. The number of carboxylic acid groups (broad SMARTS) is 1. The van der Waals surface area contributed by atoms with Gasteiger partial charge in [-0.15, -0.1) is 0 Å². The number of ether oxygens (including phenoxy) is 1. The van der Waals surface area contributed by atoms with Crippen molar-refractivity contribution in [3.8, 4) is 0 Å². The van der Waals surface area contributed by atoms with Gasteiger partial charge in [0.05, 0.1) is 13.2 Å². The van der Waals surface area contributed by atoms with Crippen molar-refractivity contribution in [2.45, 2.75) is 6.04 Å². The molecule has 1 saturated heterocycles. The highest BCUT2D eigenvalue weighted by Crippen LogP contribution is 1.92. The molecule has 0 spiro atoms. The number of aliphatic carboxylic acids is 1. The van der Waals surface area contributed by atoms with Crippen molar-refractivity contribution in [2.24, 2.45) is 0 Å². The monoisotopic (exact) mass is 188 g/mol. The lowest BCUT2D eigenvalue weighted by molar-refractivity contribution is -0.138. The second kappa shape index (κ2) is 4.78. The molecule has 0 aliphatic carbocycles. The number of hydrogen-bond donors (Lipinski definition) is 3. The van der Waals surface area contributed by atoms with Crippen LogP contribution in [0.25, 0.3) is 0 Å². The molecule has 0 aromatic heterocycles. The van der Waals surface area contributed by atoms with E-state index in [1.807, 2.05) is 0 Å². The van der Waals surface area contributed by atoms with Crippen LogP contribution in [0.5, 0.6) is 0 Å². The lowest BCUT2D eigenvalue weighted by Gasteiger charge is -2.22. The van der Waals surface area contributed by atoms with E-state index in [-0.39, 0.29) is 12.5 Å². The molecule has 3 N–H and O–H groups in total. The number of amides is 1. The quantitative estimate of drug-likeness (QED) is 0.485. The molecule has 0 radical (unpaired) electrons. The smallest absolute Gasteiger partial charge is 0.322 e. The number of carbonyl (C=O) groups is 2. The molecule has 1 rings (SSSR count). The van der Waals surface area contributed by atoms with Crippen molar-refractivity contribution in [2.75, 3.05) is 26.3 Å². The first-order chi connectivity index (χ1) is 6.20. The summed E-state index contributed by atoms with van der Waals surface area (Å²) < 4.78 is 5.04. The van der Waals surface area contributed by atoms with Gasteiger partial charge in [-0.2, -0.15) is 0 Å². The van der Waals surface area contributed by atoms with E-state index >= 15 is 0 Å². The average molecular weight is 188 g/mol. The molecule has 1 fully saturated rings. The molecule has 1 aliphatic heterocycles. The van der Waals surface area contributed by atoms with Gasteiger partial charge in [0.25, 0.3) is 0 Å². The van der Waals surface area contributed by atoms with E-state index < -0.39 is 12.0 Å². The van der Waals surface area contributed by atoms with Crippen LogP contribution < -0.4 is 10.6 Å². The third-order valence-corrected chi connectivity index (χ3v) is 1.65. The van der Waals surface area contributed by atoms with Crippen molar-refractivity contribution in [3.05, 3.63) is 0 Å². The summed E-state index contributed by atoms with van der Waals surface area (Å²) in [5.41, 5.74) is 0. The highest BCUT2D eigenvalue weighted by atomic mass is 16.5. The Morgan fingerprint density at radius 2 is 2.38 bits per heavy atom. The Balaban J connectivity index is 2.25. The van der Waals surface area contributed by atoms with Gasteiger partial charge in [-0.25, -0.2) is 0 Å². The molecule has 1 atom stereocenters. The molecular formula is C7H12N2O4. The molecule has 0 bridgehead atoms. The highest BCUT2D eigenvalue weighted by Gasteiger charge is 2.20. The van der Waals surface area contributed by atoms with E-state index in [2.05, 4.69) is 10.6 Å². The van der Waals surface area contributed by atoms with Gasteiger partial charge < -0.3 is 20.5 Å². The SMILES string of the molecule is O=C(O)CNC(=O)C1COCCN1. The molecule has 1 unspecified atom stereocenters. The Morgan fingerprint density at radius 1 is 1.62 bits per heavy atom. The number of carboxylic acids is 1. The number of hydrogen-bond acceptors (Lipinski definition) is 4. The number of morpholine rings is 1. The standard InChI is InChI=1S/C7H12N2O4/c10-6(11)3-9-7(12)5-4-13-2-1-8-5/h5,8H,1-4H2,(H,9,12)(H,10,11). The summed E-state index contributed by atoms with van der Waals surface area (Å²) in [6.07, 6.45) is 0. The van der Waals surface area contributed by atoms with Gasteiger partial charge in [0, 0.05) is 6.54 Å². The summed E-state index contributed by atoms with van der Waals surface area (Å²) in [7, 11) is 0. The normalized spacial score (nSPS) is 22.3. The van der Waals surface area contributed by atoms with Gasteiger partial charge >= 0.3 is 5.97 Å². The van der Waals surface area contributed by atoms with Crippen molar-refractivity contribution in [3.63, 3.8) is 0 Å². The molecule has 0 saturated carbocycles. The zero-order valence-corrected chi connectivity index (χ0v) is 7.08. The zero-order valence-electron chi connectivity index (χ0n) is 7.08. The average Bonchev–Trinajstić information content (AvgIpc) is 2.15. The molecule has 74 valence electrons. The Labute approximate surface area is 75.3 Å². The summed E-state index contributed by atoms with van der Waals surface area (Å²) in [6.45, 7) is 1.15. The topological polar surface area (TPSA) is 87.7 Å². The first-order valence-corrected chi connectivity index (χ1v) is 4.01. The van der Waals surface area contributed by atoms with Crippen LogP contribution in [-0.2, 0) is 14.3 Å². The second-order valence-corrected chi connectivity index (χ2v) is 2.69. The third kappa shape index (κ3) is 3.39. The minimum Gasteiger partial charge on any atom is -0.480 e. The van der Waals surface area contributed by atoms with Gasteiger partial charge in [-0.3, -0.25) is 9.59 Å². The maximum atomic E-state index is 11.2. The van der Waals surface area contributed by atoms with Crippen molar-refractivity contribution in [1.82, 2.24) is 10.6 Å². The molecule has 1 amide bonds. The molecule has 6 nitrogen and oxygen atoms in total. The van der Waals surface area contributed by atoms with Gasteiger partial charge in [0.1, 0.15) is 12.6 Å². The predicted molar refractivity (Wildman–Crippen MR) is 43.3 cm³/mol. The van der Waals surface area contributed by atoms with Crippen LogP contribution in [0.1, 0.15) is 0 Å². The van der Waals surface area contributed by atoms with Crippen molar-refractivity contribution >= 4 is 11.9 Å². The van der Waals surface area contributed by atoms with E-state index in [1.165, 1.54) is 0 Å². The number of nitrogens with one attached hydrogen (secondary N) is 2. The van der Waals surface area contributed by atoms with E-state index in [4.69, 9.17) is 9.84 Å². The van der Waals surface area contributed by atoms with E-state index in [0.29, 0.717) is 19.8 Å². The highest BCUT2D eigenvalue weighted by molar-refractivity contribution is 5.85. The summed E-state index contributed by atoms with van der Waals surface area (Å²) in [4.78, 5) is 21.3. The fourth-order valence-corrected chi connectivity index (χ4v) is 1.02. The van der Waals surface area contributed by atoms with Gasteiger partial charge in [-0.05, 0) is 0 Å². The Kier molecular flexibility index (Phi) is 3.66. The van der Waals surface area contributed by atoms with Crippen molar-refractivity contribution in [1.29, 1.82) is 0 Å². The molecule has 6 heteroatoms. The Hall–Kier alpha value is -1.14. The van der Waals surface area contributed by atoms with Gasteiger partial charge in [0.2, 0.25) is 5.91 Å². The van der Waals surface area contributed by atoms with Crippen LogP contribution in [0.2, 0.25) is 0 Å². The molecule has 13 heavy (non-hydrogen) atoms. The van der Waals surface area contributed by atoms with E-state index in [0.717, 1.165) is 0 Å². The zero-order chi connectivity index (χ0) is 9.68. The lowest BCUT2D eigenvalue weighted by Crippen LogP contribution is -2.51. The first kappa shape index (κ1) is 9.94. The Bertz CT molecular complexity index is 201. The van der Waals surface area contributed by atoms with Crippen LogP contribution in [0.4, 0.5) is 0 Å². The fourth-order valence-electron chi connectivity index (χ4n) is 1.02. The molecule has 1 aliphatic rings. The molecular weight excluding hydrogens is 176 g/mol. The summed E-state index contributed by atoms with van der Waals surface area (Å²) in [6, 6.07) is -0.423. The second-order valence-electron chi connectivity index (χ2n) is 2.69. The lowest BCUT2D eigenvalue weighted by atomic mass is 10.2. The maximum absolute atomic E-state index is 11.2. The van der Waals surface area contributed by atoms with Gasteiger partial charge in [-0.1, -0.05) is 0 Å². The number of carbonyl (C=O) groups excluding carboxylic acids is 1. The summed E-state index contributed by atoms with van der Waals surface area (Å²) >= 11 is 0. The largest absolute Gasteiger partial charge is 0.480 e. The molecule has 0 aromatic rings. The minimum absolute atomic E-state index is 0.297. The van der Waals surface area contributed by atoms with Gasteiger partial charge in [0.15, 0.2) is 0 Å². The molecule has 0 aromatic carbocycles.